The second-order valence-corrected chi connectivity index (χ2v) is 2.89. The minimum Gasteiger partial charge on any atom is -0.430 e. The van der Waals surface area contributed by atoms with Crippen LogP contribution in [0.5, 0.6) is 0 Å². The van der Waals surface area contributed by atoms with Crippen LogP contribution in [0.2, 0.25) is 0 Å². The third-order valence-electron chi connectivity index (χ3n) is 2.03. The highest BCUT2D eigenvalue weighted by Gasteiger charge is 2.34. The van der Waals surface area contributed by atoms with Gasteiger partial charge in [0.1, 0.15) is 12.2 Å². The van der Waals surface area contributed by atoms with Crippen molar-refractivity contribution in [1.82, 2.24) is 0 Å². The van der Waals surface area contributed by atoms with E-state index in [1.165, 1.54) is 0 Å². The third kappa shape index (κ3) is 1.34. The van der Waals surface area contributed by atoms with E-state index in [9.17, 15) is 9.59 Å². The van der Waals surface area contributed by atoms with Crippen LogP contribution in [0.25, 0.3) is 0 Å². The Labute approximate surface area is 68.6 Å². The molecule has 0 aromatic heterocycles. The number of hydrogen-bond acceptors (Lipinski definition) is 5. The van der Waals surface area contributed by atoms with Crippen LogP contribution in [-0.4, -0.2) is 24.5 Å². The Morgan fingerprint density at radius 3 is 2.00 bits per heavy atom. The number of hydrogen-bond donors (Lipinski definition) is 0. The molecule has 0 N–H and O–H groups in total. The Hall–Kier alpha value is -1.26. The van der Waals surface area contributed by atoms with Gasteiger partial charge in [-0.3, -0.25) is 0 Å². The minimum absolute atomic E-state index is 0.143. The van der Waals surface area contributed by atoms with Crippen molar-refractivity contribution < 1.29 is 23.8 Å². The predicted octanol–water partition coefficient (Wildman–Crippen LogP) is 1.21. The maximum absolute atomic E-state index is 10.7. The van der Waals surface area contributed by atoms with E-state index in [4.69, 9.17) is 9.47 Å². The monoisotopic (exact) mass is 172 g/mol. The van der Waals surface area contributed by atoms with E-state index in [2.05, 4.69) is 4.74 Å². The molecule has 0 spiro atoms. The van der Waals surface area contributed by atoms with Crippen LogP contribution in [0.15, 0.2) is 0 Å². The normalized spacial score (nSPS) is 34.3. The summed E-state index contributed by atoms with van der Waals surface area (Å²) < 4.78 is 13.7. The van der Waals surface area contributed by atoms with Crippen LogP contribution >= 0.6 is 0 Å². The van der Waals surface area contributed by atoms with Crippen LogP contribution < -0.4 is 0 Å². The number of fused-ring (bicyclic) bond motifs is 2. The molecule has 2 atom stereocenters. The molecule has 2 aliphatic rings. The molecule has 12 heavy (non-hydrogen) atoms. The molecule has 1 aliphatic heterocycles. The number of carbonyl (C=O) groups is 2. The van der Waals surface area contributed by atoms with Gasteiger partial charge in [0, 0.05) is 6.42 Å². The highest BCUT2D eigenvalue weighted by atomic mass is 16.8. The van der Waals surface area contributed by atoms with Gasteiger partial charge in [0.25, 0.3) is 0 Å². The first-order chi connectivity index (χ1) is 5.74. The quantitative estimate of drug-likeness (QED) is 0.406. The molecule has 5 heteroatoms. The van der Waals surface area contributed by atoms with E-state index in [0.717, 1.165) is 12.8 Å². The van der Waals surface area contributed by atoms with Crippen molar-refractivity contribution in [3.05, 3.63) is 0 Å². The summed E-state index contributed by atoms with van der Waals surface area (Å²) in [5.41, 5.74) is 0. The molecular formula is C7H8O5. The molecule has 0 radical (unpaired) electrons. The Bertz CT molecular complexity index is 202. The lowest BCUT2D eigenvalue weighted by Crippen LogP contribution is -2.26. The molecule has 1 saturated carbocycles. The zero-order chi connectivity index (χ0) is 8.55. The van der Waals surface area contributed by atoms with Gasteiger partial charge >= 0.3 is 12.3 Å². The van der Waals surface area contributed by atoms with Gasteiger partial charge in [0.2, 0.25) is 0 Å². The predicted molar refractivity (Wildman–Crippen MR) is 35.5 cm³/mol. The fraction of sp³-hybridized carbons (Fsp3) is 0.714. The zero-order valence-corrected chi connectivity index (χ0v) is 6.32. The maximum Gasteiger partial charge on any atom is 0.518 e. The Morgan fingerprint density at radius 1 is 1.00 bits per heavy atom. The van der Waals surface area contributed by atoms with Gasteiger partial charge in [-0.1, -0.05) is 0 Å². The largest absolute Gasteiger partial charge is 0.518 e. The first kappa shape index (κ1) is 7.39. The fourth-order valence-corrected chi connectivity index (χ4v) is 1.50. The van der Waals surface area contributed by atoms with Gasteiger partial charge in [-0.05, 0) is 12.8 Å². The lowest BCUT2D eigenvalue weighted by atomic mass is 10.3. The smallest absolute Gasteiger partial charge is 0.430 e. The Balaban J connectivity index is 2.08. The van der Waals surface area contributed by atoms with Gasteiger partial charge in [-0.25, -0.2) is 9.59 Å². The molecule has 0 amide bonds. The zero-order valence-electron chi connectivity index (χ0n) is 6.32. The number of ether oxygens (including phenoxy) is 3. The summed E-state index contributed by atoms with van der Waals surface area (Å²) >= 11 is 0. The average molecular weight is 172 g/mol. The lowest BCUT2D eigenvalue weighted by molar-refractivity contribution is -0.0154. The van der Waals surface area contributed by atoms with Crippen LogP contribution in [0.4, 0.5) is 9.59 Å². The van der Waals surface area contributed by atoms with Crippen molar-refractivity contribution in [2.24, 2.45) is 0 Å². The van der Waals surface area contributed by atoms with Gasteiger partial charge in [0.05, 0.1) is 0 Å². The summed E-state index contributed by atoms with van der Waals surface area (Å²) in [6, 6.07) is 0. The SMILES string of the molecule is O=C1OC(=O)OC2CCC(C2)O1. The summed E-state index contributed by atoms with van der Waals surface area (Å²) in [4.78, 5) is 21.4. The maximum atomic E-state index is 10.7. The topological polar surface area (TPSA) is 61.8 Å². The summed E-state index contributed by atoms with van der Waals surface area (Å²) in [6.07, 6.45) is -0.108. The first-order valence-electron chi connectivity index (χ1n) is 3.83. The third-order valence-corrected chi connectivity index (χ3v) is 2.03. The highest BCUT2D eigenvalue weighted by molar-refractivity contribution is 5.77. The van der Waals surface area contributed by atoms with E-state index in [0.29, 0.717) is 6.42 Å². The van der Waals surface area contributed by atoms with E-state index < -0.39 is 12.3 Å². The van der Waals surface area contributed by atoms with Crippen LogP contribution in [0.1, 0.15) is 19.3 Å². The Morgan fingerprint density at radius 2 is 1.50 bits per heavy atom. The van der Waals surface area contributed by atoms with Gasteiger partial charge in [-0.2, -0.15) is 0 Å². The molecule has 2 bridgehead atoms. The van der Waals surface area contributed by atoms with E-state index in [1.807, 2.05) is 0 Å². The minimum atomic E-state index is -0.953. The van der Waals surface area contributed by atoms with Crippen molar-refractivity contribution in [2.45, 2.75) is 31.5 Å². The van der Waals surface area contributed by atoms with Crippen molar-refractivity contribution in [1.29, 1.82) is 0 Å². The number of cyclic esters (lactones) is 2. The second-order valence-electron chi connectivity index (χ2n) is 2.89. The van der Waals surface area contributed by atoms with E-state index >= 15 is 0 Å². The summed E-state index contributed by atoms with van der Waals surface area (Å²) in [6.45, 7) is 0. The lowest BCUT2D eigenvalue weighted by Gasteiger charge is -2.15. The van der Waals surface area contributed by atoms with Crippen molar-refractivity contribution >= 4 is 12.3 Å². The van der Waals surface area contributed by atoms with Crippen LogP contribution in [0, 0.1) is 0 Å². The van der Waals surface area contributed by atoms with Crippen molar-refractivity contribution in [3.8, 4) is 0 Å². The molecule has 2 fully saturated rings. The molecule has 1 aliphatic carbocycles. The first-order valence-corrected chi connectivity index (χ1v) is 3.83. The molecule has 66 valence electrons. The van der Waals surface area contributed by atoms with Crippen LogP contribution in [0.3, 0.4) is 0 Å². The summed E-state index contributed by atoms with van der Waals surface area (Å²) in [5, 5.41) is 0. The Kier molecular flexibility index (Phi) is 1.64. The molecule has 1 heterocycles. The van der Waals surface area contributed by atoms with E-state index in [1.54, 1.807) is 0 Å². The second kappa shape index (κ2) is 2.66. The fourth-order valence-electron chi connectivity index (χ4n) is 1.50. The highest BCUT2D eigenvalue weighted by Crippen LogP contribution is 2.27. The summed E-state index contributed by atoms with van der Waals surface area (Å²) in [7, 11) is 0. The number of rotatable bonds is 0. The van der Waals surface area contributed by atoms with Gasteiger partial charge in [-0.15, -0.1) is 0 Å². The van der Waals surface area contributed by atoms with E-state index in [-0.39, 0.29) is 12.2 Å². The molecule has 0 aromatic carbocycles. The molecule has 0 aromatic rings. The standard InChI is InChI=1S/C7H8O5/c8-6-10-4-1-2-5(3-4)11-7(9)12-6/h4-5H,1-3H2. The van der Waals surface area contributed by atoms with Crippen molar-refractivity contribution in [3.63, 3.8) is 0 Å². The van der Waals surface area contributed by atoms with Crippen LogP contribution in [-0.2, 0) is 14.2 Å². The number of carbonyl (C=O) groups excluding carboxylic acids is 2. The molecular weight excluding hydrogens is 164 g/mol. The molecule has 1 saturated heterocycles. The molecule has 5 nitrogen and oxygen atoms in total. The van der Waals surface area contributed by atoms with Crippen molar-refractivity contribution in [2.75, 3.05) is 0 Å². The molecule has 2 unspecified atom stereocenters. The molecule has 2 rings (SSSR count). The average Bonchev–Trinajstić information content (AvgIpc) is 2.33. The van der Waals surface area contributed by atoms with Gasteiger partial charge in [0.15, 0.2) is 0 Å². The van der Waals surface area contributed by atoms with Gasteiger partial charge < -0.3 is 14.2 Å². The summed E-state index contributed by atoms with van der Waals surface area (Å²) in [5.74, 6) is 0.